The van der Waals surface area contributed by atoms with E-state index in [9.17, 15) is 9.59 Å². The van der Waals surface area contributed by atoms with Gasteiger partial charge in [-0.1, -0.05) is 6.07 Å². The first-order chi connectivity index (χ1) is 14.0. The van der Waals surface area contributed by atoms with E-state index < -0.39 is 0 Å². The fourth-order valence-electron chi connectivity index (χ4n) is 4.44. The quantitative estimate of drug-likeness (QED) is 0.637. The van der Waals surface area contributed by atoms with Crippen LogP contribution in [0.15, 0.2) is 41.2 Å². The smallest absolute Gasteiger partial charge is 0.323 e. The van der Waals surface area contributed by atoms with Crippen molar-refractivity contribution >= 4 is 22.6 Å². The van der Waals surface area contributed by atoms with Gasteiger partial charge in [-0.2, -0.15) is 0 Å². The minimum absolute atomic E-state index is 0.0463. The van der Waals surface area contributed by atoms with E-state index in [1.807, 2.05) is 13.0 Å². The molecule has 7 nitrogen and oxygen atoms in total. The Bertz CT molecular complexity index is 1160. The van der Waals surface area contributed by atoms with Crippen LogP contribution < -0.4 is 15.7 Å². The van der Waals surface area contributed by atoms with Gasteiger partial charge in [0.2, 0.25) is 5.91 Å². The van der Waals surface area contributed by atoms with Crippen molar-refractivity contribution in [2.24, 2.45) is 0 Å². The summed E-state index contributed by atoms with van der Waals surface area (Å²) in [5, 5.41) is 2.99. The number of hydrogen-bond donors (Lipinski definition) is 3. The third-order valence-electron chi connectivity index (χ3n) is 6.33. The number of ether oxygens (including phenoxy) is 1. The molecule has 150 valence electrons. The molecule has 1 fully saturated rings. The normalized spacial score (nSPS) is 18.4. The van der Waals surface area contributed by atoms with E-state index in [-0.39, 0.29) is 23.1 Å². The van der Waals surface area contributed by atoms with Crippen molar-refractivity contribution in [1.29, 1.82) is 0 Å². The average Bonchev–Trinajstić information content (AvgIpc) is 3.38. The van der Waals surface area contributed by atoms with Crippen LogP contribution in [0.2, 0.25) is 0 Å². The number of H-pyrrole nitrogens is 2. The van der Waals surface area contributed by atoms with Gasteiger partial charge >= 0.3 is 5.69 Å². The summed E-state index contributed by atoms with van der Waals surface area (Å²) in [6.45, 7) is 3.59. The summed E-state index contributed by atoms with van der Waals surface area (Å²) < 4.78 is 5.41. The highest BCUT2D eigenvalue weighted by atomic mass is 16.5. The molecule has 1 saturated carbocycles. The molecule has 7 heteroatoms. The van der Waals surface area contributed by atoms with E-state index in [2.05, 4.69) is 32.3 Å². The van der Waals surface area contributed by atoms with Gasteiger partial charge in [-0.15, -0.1) is 0 Å². The second kappa shape index (κ2) is 6.49. The molecule has 2 aliphatic rings. The third kappa shape index (κ3) is 3.11. The number of methoxy groups -OCH3 is 1. The Morgan fingerprint density at radius 2 is 1.97 bits per heavy atom. The topological polar surface area (TPSA) is 90.2 Å². The highest BCUT2D eigenvalue weighted by Gasteiger charge is 2.50. The number of imidazole rings is 1. The minimum atomic E-state index is -0.260. The van der Waals surface area contributed by atoms with Crippen LogP contribution in [0.25, 0.3) is 11.0 Å². The summed E-state index contributed by atoms with van der Waals surface area (Å²) in [5.41, 5.74) is 4.63. The Balaban J connectivity index is 1.35. The zero-order valence-electron chi connectivity index (χ0n) is 16.5. The molecule has 1 aliphatic carbocycles. The maximum absolute atomic E-state index is 12.9. The Hall–Kier alpha value is -3.06. The molecular weight excluding hydrogens is 368 g/mol. The third-order valence-corrected chi connectivity index (χ3v) is 6.33. The molecule has 1 atom stereocenters. The first-order valence-electron chi connectivity index (χ1n) is 9.92. The predicted molar refractivity (Wildman–Crippen MR) is 111 cm³/mol. The summed E-state index contributed by atoms with van der Waals surface area (Å²) in [7, 11) is 1.70. The van der Waals surface area contributed by atoms with Crippen molar-refractivity contribution in [3.63, 3.8) is 0 Å². The number of benzene rings is 2. The summed E-state index contributed by atoms with van der Waals surface area (Å²) >= 11 is 0. The highest BCUT2D eigenvalue weighted by Crippen LogP contribution is 2.53. The van der Waals surface area contributed by atoms with E-state index in [1.54, 1.807) is 25.3 Å². The van der Waals surface area contributed by atoms with Crippen molar-refractivity contribution in [3.8, 4) is 5.75 Å². The first-order valence-corrected chi connectivity index (χ1v) is 9.92. The van der Waals surface area contributed by atoms with Crippen LogP contribution >= 0.6 is 0 Å². The number of nitrogens with one attached hydrogen (secondary N) is 3. The van der Waals surface area contributed by atoms with E-state index in [1.165, 1.54) is 11.1 Å². The van der Waals surface area contributed by atoms with Crippen molar-refractivity contribution < 1.29 is 9.53 Å². The number of hydrogen-bond acceptors (Lipinski definition) is 4. The molecule has 0 saturated heterocycles. The maximum atomic E-state index is 12.9. The van der Waals surface area contributed by atoms with Crippen molar-refractivity contribution in [1.82, 2.24) is 14.9 Å². The minimum Gasteiger partial charge on any atom is -0.497 e. The van der Waals surface area contributed by atoms with Crippen LogP contribution in [0.3, 0.4) is 0 Å². The van der Waals surface area contributed by atoms with Crippen LogP contribution in [0.1, 0.15) is 30.9 Å². The summed E-state index contributed by atoms with van der Waals surface area (Å²) in [5.74, 6) is 0.849. The zero-order valence-corrected chi connectivity index (χ0v) is 16.5. The Morgan fingerprint density at radius 1 is 1.17 bits per heavy atom. The van der Waals surface area contributed by atoms with Crippen LogP contribution in [0, 0.1) is 0 Å². The molecule has 2 aromatic carbocycles. The Morgan fingerprint density at radius 3 is 2.72 bits per heavy atom. The molecule has 3 N–H and O–H groups in total. The molecule has 1 unspecified atom stereocenters. The molecule has 1 aliphatic heterocycles. The SMILES string of the molecule is COc1ccc2c(c1)C1(CC1)CN(C(C)C(=O)Nc1ccc3[nH]c(=O)[nH]c3c1)C2. The summed E-state index contributed by atoms with van der Waals surface area (Å²) in [6, 6.07) is 11.4. The molecular formula is C22H24N4O3. The standard InChI is InChI=1S/C22H24N4O3/c1-13(20(27)23-15-4-6-18-19(9-15)25-21(28)24-18)26-11-14-3-5-16(29-2)10-17(14)22(12-26)7-8-22/h3-6,9-10,13H,7-8,11-12H2,1-2H3,(H,23,27)(H2,24,25,28). The van der Waals surface area contributed by atoms with Crippen LogP contribution in [-0.4, -0.2) is 40.5 Å². The lowest BCUT2D eigenvalue weighted by Crippen LogP contribution is -2.47. The van der Waals surface area contributed by atoms with Gasteiger partial charge in [0, 0.05) is 24.2 Å². The largest absolute Gasteiger partial charge is 0.497 e. The number of aromatic nitrogens is 2. The van der Waals surface area contributed by atoms with Crippen molar-refractivity contribution in [2.45, 2.75) is 37.8 Å². The lowest BCUT2D eigenvalue weighted by molar-refractivity contribution is -0.121. The van der Waals surface area contributed by atoms with E-state index >= 15 is 0 Å². The monoisotopic (exact) mass is 392 g/mol. The number of rotatable bonds is 4. The average molecular weight is 392 g/mol. The van der Waals surface area contributed by atoms with Gasteiger partial charge < -0.3 is 20.0 Å². The lowest BCUT2D eigenvalue weighted by atomic mass is 9.86. The number of amides is 1. The summed E-state index contributed by atoms with van der Waals surface area (Å²) in [6.07, 6.45) is 2.30. The van der Waals surface area contributed by atoms with Gasteiger partial charge in [0.25, 0.3) is 0 Å². The van der Waals surface area contributed by atoms with Gasteiger partial charge in [0.1, 0.15) is 5.75 Å². The molecule has 5 rings (SSSR count). The molecule has 1 spiro atoms. The number of carbonyl (C=O) groups excluding carboxylic acids is 1. The van der Waals surface area contributed by atoms with Crippen LogP contribution in [-0.2, 0) is 16.8 Å². The Labute approximate surface area is 168 Å². The van der Waals surface area contributed by atoms with E-state index in [0.29, 0.717) is 11.2 Å². The number of anilines is 1. The molecule has 2 heterocycles. The van der Waals surface area contributed by atoms with Crippen LogP contribution in [0.5, 0.6) is 5.75 Å². The first kappa shape index (κ1) is 18.0. The zero-order chi connectivity index (χ0) is 20.2. The Kier molecular flexibility index (Phi) is 4.03. The van der Waals surface area contributed by atoms with Gasteiger partial charge in [-0.05, 0) is 61.2 Å². The molecule has 1 amide bonds. The fourth-order valence-corrected chi connectivity index (χ4v) is 4.44. The molecule has 29 heavy (non-hydrogen) atoms. The van der Waals surface area contributed by atoms with Gasteiger partial charge in [-0.3, -0.25) is 9.69 Å². The van der Waals surface area contributed by atoms with E-state index in [0.717, 1.165) is 37.2 Å². The molecule has 0 radical (unpaired) electrons. The van der Waals surface area contributed by atoms with Crippen molar-refractivity contribution in [3.05, 3.63) is 58.0 Å². The van der Waals surface area contributed by atoms with E-state index in [4.69, 9.17) is 4.74 Å². The van der Waals surface area contributed by atoms with Crippen molar-refractivity contribution in [2.75, 3.05) is 19.0 Å². The maximum Gasteiger partial charge on any atom is 0.323 e. The highest BCUT2D eigenvalue weighted by molar-refractivity contribution is 5.96. The molecule has 1 aromatic heterocycles. The second-order valence-corrected chi connectivity index (χ2v) is 8.21. The van der Waals surface area contributed by atoms with Gasteiger partial charge in [-0.25, -0.2) is 4.79 Å². The number of carbonyl (C=O) groups is 1. The molecule has 3 aromatic rings. The fraction of sp³-hybridized carbons (Fsp3) is 0.364. The second-order valence-electron chi connectivity index (χ2n) is 8.21. The van der Waals surface area contributed by atoms with Crippen LogP contribution in [0.4, 0.5) is 5.69 Å². The number of fused-ring (bicyclic) bond motifs is 3. The number of aromatic amines is 2. The van der Waals surface area contributed by atoms with Gasteiger partial charge in [0.15, 0.2) is 0 Å². The van der Waals surface area contributed by atoms with Gasteiger partial charge in [0.05, 0.1) is 24.2 Å². The summed E-state index contributed by atoms with van der Waals surface area (Å²) in [4.78, 5) is 32.1. The number of nitrogens with zero attached hydrogens (tertiary/aromatic N) is 1. The lowest BCUT2D eigenvalue weighted by Gasteiger charge is -2.38. The predicted octanol–water partition coefficient (Wildman–Crippen LogP) is 2.74. The molecule has 0 bridgehead atoms.